The Kier molecular flexibility index (Phi) is 4.54. The molecule has 0 amide bonds. The smallest absolute Gasteiger partial charge is 0.0489 e. The predicted octanol–water partition coefficient (Wildman–Crippen LogP) is 1.66. The minimum absolute atomic E-state index is 0.637. The van der Waals surface area contributed by atoms with E-state index in [4.69, 9.17) is 0 Å². The van der Waals surface area contributed by atoms with Crippen molar-refractivity contribution < 1.29 is 0 Å². The van der Waals surface area contributed by atoms with Gasteiger partial charge in [0.15, 0.2) is 0 Å². The second-order valence-corrected chi connectivity index (χ2v) is 3.45. The molecule has 0 aliphatic rings. The van der Waals surface area contributed by atoms with Crippen LogP contribution in [0.25, 0.3) is 0 Å². The van der Waals surface area contributed by atoms with E-state index >= 15 is 0 Å². The number of hydrogen-bond acceptors (Lipinski definition) is 2. The number of nitrogens with zero attached hydrogens (tertiary/aromatic N) is 2. The highest BCUT2D eigenvalue weighted by Crippen LogP contribution is 2.01. The topological polar surface area (TPSA) is 29.9 Å². The maximum absolute atomic E-state index is 4.15. The fourth-order valence-corrected chi connectivity index (χ4v) is 1.30. The van der Waals surface area contributed by atoms with E-state index in [1.54, 1.807) is 0 Å². The largest absolute Gasteiger partial charge is 0.317 e. The van der Waals surface area contributed by atoms with E-state index in [-0.39, 0.29) is 0 Å². The van der Waals surface area contributed by atoms with Gasteiger partial charge in [-0.25, -0.2) is 0 Å². The minimum Gasteiger partial charge on any atom is -0.317 e. The van der Waals surface area contributed by atoms with Crippen LogP contribution < -0.4 is 5.32 Å². The Bertz CT molecular complexity index is 206. The Balaban J connectivity index is 2.02. The van der Waals surface area contributed by atoms with E-state index in [1.807, 2.05) is 30.2 Å². The Morgan fingerprint density at radius 1 is 1.46 bits per heavy atom. The molecule has 74 valence electrons. The van der Waals surface area contributed by atoms with Crippen LogP contribution >= 0.6 is 0 Å². The van der Waals surface area contributed by atoms with Gasteiger partial charge in [-0.05, 0) is 32.9 Å². The Hall–Kier alpha value is -0.830. The molecule has 1 N–H and O–H groups in total. The van der Waals surface area contributed by atoms with Crippen LogP contribution in [-0.2, 0) is 6.54 Å². The maximum Gasteiger partial charge on any atom is 0.0489 e. The fourth-order valence-electron chi connectivity index (χ4n) is 1.30. The number of aromatic nitrogens is 2. The summed E-state index contributed by atoms with van der Waals surface area (Å²) in [6, 6.07) is 2.61. The van der Waals surface area contributed by atoms with Gasteiger partial charge in [-0.2, -0.15) is 5.10 Å². The van der Waals surface area contributed by atoms with Crippen molar-refractivity contribution in [1.29, 1.82) is 0 Å². The third-order valence-electron chi connectivity index (χ3n) is 2.33. The van der Waals surface area contributed by atoms with Crippen LogP contribution in [0, 0.1) is 0 Å². The molecular weight excluding hydrogens is 162 g/mol. The molecule has 3 heteroatoms. The lowest BCUT2D eigenvalue weighted by Gasteiger charge is -2.08. The Morgan fingerprint density at radius 3 is 2.92 bits per heavy atom. The molecule has 0 radical (unpaired) electrons. The van der Waals surface area contributed by atoms with Gasteiger partial charge in [-0.1, -0.05) is 6.42 Å². The molecule has 1 aromatic rings. The average molecular weight is 181 g/mol. The maximum atomic E-state index is 4.15. The Labute approximate surface area is 80.1 Å². The second-order valence-electron chi connectivity index (χ2n) is 3.45. The first-order valence-corrected chi connectivity index (χ1v) is 4.97. The average Bonchev–Trinajstić information content (AvgIpc) is 2.64. The molecule has 0 fully saturated rings. The number of aryl methyl sites for hydroxylation is 1. The van der Waals surface area contributed by atoms with Gasteiger partial charge in [0.05, 0.1) is 0 Å². The fraction of sp³-hybridized carbons (Fsp3) is 0.700. The van der Waals surface area contributed by atoms with Crippen LogP contribution in [0.2, 0.25) is 0 Å². The lowest BCUT2D eigenvalue weighted by atomic mass is 10.1. The van der Waals surface area contributed by atoms with Gasteiger partial charge in [0.1, 0.15) is 0 Å². The van der Waals surface area contributed by atoms with Crippen molar-refractivity contribution in [3.63, 3.8) is 0 Å². The van der Waals surface area contributed by atoms with E-state index < -0.39 is 0 Å². The number of unbranched alkanes of at least 4 members (excludes halogenated alkanes) is 1. The van der Waals surface area contributed by atoms with Crippen LogP contribution in [0.1, 0.15) is 26.2 Å². The molecule has 1 heterocycles. The van der Waals surface area contributed by atoms with Crippen LogP contribution in [-0.4, -0.2) is 22.9 Å². The van der Waals surface area contributed by atoms with E-state index in [9.17, 15) is 0 Å². The zero-order valence-electron chi connectivity index (χ0n) is 8.53. The summed E-state index contributed by atoms with van der Waals surface area (Å²) in [5.74, 6) is 0. The summed E-state index contributed by atoms with van der Waals surface area (Å²) in [7, 11) is 2.01. The number of nitrogens with one attached hydrogen (secondary N) is 1. The highest BCUT2D eigenvalue weighted by Gasteiger charge is 1.97. The van der Waals surface area contributed by atoms with Crippen LogP contribution in [0.3, 0.4) is 0 Å². The highest BCUT2D eigenvalue weighted by atomic mass is 15.3. The van der Waals surface area contributed by atoms with E-state index in [1.165, 1.54) is 19.3 Å². The lowest BCUT2D eigenvalue weighted by molar-refractivity contribution is 0.490. The van der Waals surface area contributed by atoms with E-state index in [2.05, 4.69) is 17.3 Å². The van der Waals surface area contributed by atoms with Gasteiger partial charge in [-0.3, -0.25) is 4.68 Å². The summed E-state index contributed by atoms with van der Waals surface area (Å²) in [5, 5.41) is 7.39. The van der Waals surface area contributed by atoms with Crippen molar-refractivity contribution in [2.45, 2.75) is 38.8 Å². The summed E-state index contributed by atoms with van der Waals surface area (Å²) >= 11 is 0. The molecule has 0 saturated carbocycles. The zero-order valence-corrected chi connectivity index (χ0v) is 8.53. The summed E-state index contributed by atoms with van der Waals surface area (Å²) < 4.78 is 1.99. The number of rotatable bonds is 6. The lowest BCUT2D eigenvalue weighted by Crippen LogP contribution is -2.20. The highest BCUT2D eigenvalue weighted by molar-refractivity contribution is 4.77. The van der Waals surface area contributed by atoms with E-state index in [0.717, 1.165) is 6.54 Å². The standard InChI is InChI=1S/C10H19N3/c1-10(11-2)6-3-4-8-13-9-5-7-12-13/h5,7,9-11H,3-4,6,8H2,1-2H3. The summed E-state index contributed by atoms with van der Waals surface area (Å²) in [6.07, 6.45) is 7.57. The van der Waals surface area contributed by atoms with Gasteiger partial charge < -0.3 is 5.32 Å². The number of hydrogen-bond donors (Lipinski definition) is 1. The molecule has 1 aromatic heterocycles. The van der Waals surface area contributed by atoms with Crippen molar-refractivity contribution in [1.82, 2.24) is 15.1 Å². The quantitative estimate of drug-likeness (QED) is 0.676. The van der Waals surface area contributed by atoms with Gasteiger partial charge in [0, 0.05) is 25.0 Å². The first kappa shape index (κ1) is 10.3. The Morgan fingerprint density at radius 2 is 2.31 bits per heavy atom. The zero-order chi connectivity index (χ0) is 9.52. The third kappa shape index (κ3) is 4.08. The molecule has 3 nitrogen and oxygen atoms in total. The van der Waals surface area contributed by atoms with Crippen LogP contribution in [0.5, 0.6) is 0 Å². The van der Waals surface area contributed by atoms with Crippen molar-refractivity contribution in [3.05, 3.63) is 18.5 Å². The molecule has 1 atom stereocenters. The molecule has 0 spiro atoms. The summed E-state index contributed by atoms with van der Waals surface area (Å²) in [5.41, 5.74) is 0. The SMILES string of the molecule is CNC(C)CCCCn1cccn1. The van der Waals surface area contributed by atoms with Gasteiger partial charge in [-0.15, -0.1) is 0 Å². The van der Waals surface area contributed by atoms with Crippen LogP contribution in [0.4, 0.5) is 0 Å². The third-order valence-corrected chi connectivity index (χ3v) is 2.33. The molecule has 13 heavy (non-hydrogen) atoms. The van der Waals surface area contributed by atoms with Crippen molar-refractivity contribution >= 4 is 0 Å². The second kappa shape index (κ2) is 5.75. The van der Waals surface area contributed by atoms with Crippen LogP contribution in [0.15, 0.2) is 18.5 Å². The summed E-state index contributed by atoms with van der Waals surface area (Å²) in [4.78, 5) is 0. The van der Waals surface area contributed by atoms with Gasteiger partial charge >= 0.3 is 0 Å². The first-order valence-electron chi connectivity index (χ1n) is 4.97. The van der Waals surface area contributed by atoms with Gasteiger partial charge in [0.2, 0.25) is 0 Å². The van der Waals surface area contributed by atoms with Crippen molar-refractivity contribution in [2.75, 3.05) is 7.05 Å². The first-order chi connectivity index (χ1) is 6.33. The van der Waals surface area contributed by atoms with Crippen molar-refractivity contribution in [2.24, 2.45) is 0 Å². The molecule has 1 unspecified atom stereocenters. The molecular formula is C10H19N3. The molecule has 0 saturated heterocycles. The monoisotopic (exact) mass is 181 g/mol. The summed E-state index contributed by atoms with van der Waals surface area (Å²) in [6.45, 7) is 3.26. The molecule has 0 aliphatic heterocycles. The molecule has 0 bridgehead atoms. The molecule has 1 rings (SSSR count). The molecule has 0 aliphatic carbocycles. The van der Waals surface area contributed by atoms with Gasteiger partial charge in [0.25, 0.3) is 0 Å². The predicted molar refractivity (Wildman–Crippen MR) is 54.6 cm³/mol. The van der Waals surface area contributed by atoms with E-state index in [0.29, 0.717) is 6.04 Å². The normalized spacial score (nSPS) is 13.1. The van der Waals surface area contributed by atoms with Crippen molar-refractivity contribution in [3.8, 4) is 0 Å². The minimum atomic E-state index is 0.637. The molecule has 0 aromatic carbocycles.